The van der Waals surface area contributed by atoms with Crippen molar-refractivity contribution in [3.05, 3.63) is 58.3 Å². The molecule has 4 rings (SSSR count). The fourth-order valence-corrected chi connectivity index (χ4v) is 3.67. The number of nitrogens with zero attached hydrogens (tertiary/aromatic N) is 4. The number of hydrogen-bond donors (Lipinski definition) is 2. The minimum atomic E-state index is -4.55. The summed E-state index contributed by atoms with van der Waals surface area (Å²) in [4.78, 5) is 15.7. The monoisotopic (exact) mass is 486 g/mol. The van der Waals surface area contributed by atoms with E-state index >= 15 is 0 Å². The molecule has 0 aliphatic heterocycles. The Morgan fingerprint density at radius 2 is 1.87 bits per heavy atom. The van der Waals surface area contributed by atoms with E-state index in [1.54, 1.807) is 12.1 Å². The highest BCUT2D eigenvalue weighted by molar-refractivity contribution is 9.10. The second-order valence-corrected chi connectivity index (χ2v) is 7.42. The molecule has 0 spiro atoms. The van der Waals surface area contributed by atoms with Crippen LogP contribution in [0.25, 0.3) is 33.5 Å². The number of anilines is 1. The molecule has 0 fully saturated rings. The molecule has 1 aromatic carbocycles. The summed E-state index contributed by atoms with van der Waals surface area (Å²) in [6.45, 7) is 2.39. The summed E-state index contributed by atoms with van der Waals surface area (Å²) in [5, 5.41) is 13.2. The van der Waals surface area contributed by atoms with E-state index in [4.69, 9.17) is 0 Å². The highest BCUT2D eigenvalue weighted by Gasteiger charge is 2.32. The maximum Gasteiger partial charge on any atom is 0.417 e. The Bertz CT molecular complexity index is 1320. The molecule has 0 aliphatic carbocycles. The minimum Gasteiger partial charge on any atom is -0.354 e. The van der Waals surface area contributed by atoms with Gasteiger partial charge in [0.1, 0.15) is 17.3 Å². The molecule has 3 heterocycles. The molecule has 0 atom stereocenters. The van der Waals surface area contributed by atoms with Crippen LogP contribution in [0.3, 0.4) is 0 Å². The van der Waals surface area contributed by atoms with Crippen molar-refractivity contribution >= 4 is 32.9 Å². The minimum absolute atomic E-state index is 0.145. The molecule has 6 nitrogen and oxygen atoms in total. The molecule has 31 heavy (non-hydrogen) atoms. The first kappa shape index (κ1) is 20.8. The third-order valence-corrected chi connectivity index (χ3v) is 5.29. The van der Waals surface area contributed by atoms with Gasteiger partial charge in [-0.05, 0) is 19.1 Å². The van der Waals surface area contributed by atoms with Crippen LogP contribution >= 0.6 is 15.9 Å². The van der Waals surface area contributed by atoms with Gasteiger partial charge in [-0.25, -0.2) is 15.0 Å². The molecular weight excluding hydrogens is 473 g/mol. The van der Waals surface area contributed by atoms with E-state index < -0.39 is 11.7 Å². The maximum atomic E-state index is 13.3. The van der Waals surface area contributed by atoms with E-state index in [1.807, 2.05) is 19.1 Å². The Morgan fingerprint density at radius 3 is 2.52 bits per heavy atom. The number of aromatic amines is 1. The van der Waals surface area contributed by atoms with Gasteiger partial charge >= 0.3 is 6.18 Å². The van der Waals surface area contributed by atoms with Gasteiger partial charge in [0.15, 0.2) is 0 Å². The predicted molar refractivity (Wildman–Crippen MR) is 114 cm³/mol. The van der Waals surface area contributed by atoms with Crippen LogP contribution in [0.1, 0.15) is 18.1 Å². The van der Waals surface area contributed by atoms with Crippen molar-refractivity contribution in [2.24, 2.45) is 0 Å². The predicted octanol–water partition coefficient (Wildman–Crippen LogP) is 5.77. The van der Waals surface area contributed by atoms with Gasteiger partial charge in [-0.15, -0.1) is 0 Å². The van der Waals surface area contributed by atoms with Gasteiger partial charge in [-0.3, -0.25) is 0 Å². The average Bonchev–Trinajstić information content (AvgIpc) is 3.16. The van der Waals surface area contributed by atoms with Crippen LogP contribution in [0.5, 0.6) is 0 Å². The van der Waals surface area contributed by atoms with Crippen molar-refractivity contribution in [1.82, 2.24) is 19.9 Å². The van der Waals surface area contributed by atoms with E-state index in [0.717, 1.165) is 16.7 Å². The summed E-state index contributed by atoms with van der Waals surface area (Å²) < 4.78 is 40.5. The number of nitriles is 1. The van der Waals surface area contributed by atoms with Crippen molar-refractivity contribution in [2.75, 3.05) is 11.9 Å². The third kappa shape index (κ3) is 3.84. The largest absolute Gasteiger partial charge is 0.417 e. The lowest BCUT2D eigenvalue weighted by Gasteiger charge is -2.13. The summed E-state index contributed by atoms with van der Waals surface area (Å²) in [5.41, 5.74) is 1.10. The molecule has 0 unspecified atom stereocenters. The van der Waals surface area contributed by atoms with Crippen molar-refractivity contribution < 1.29 is 13.2 Å². The van der Waals surface area contributed by atoms with Gasteiger partial charge in [0.25, 0.3) is 0 Å². The second kappa shape index (κ2) is 8.00. The zero-order chi connectivity index (χ0) is 22.2. The SMILES string of the molecule is CCNc1nc(-c2ccccc2Br)c(C#N)c(-c2c[nH]c3ncc(C(F)(F)F)cc23)n1. The Kier molecular flexibility index (Phi) is 5.37. The summed E-state index contributed by atoms with van der Waals surface area (Å²) in [6, 6.07) is 10.4. The number of aromatic nitrogens is 4. The smallest absolute Gasteiger partial charge is 0.354 e. The van der Waals surface area contributed by atoms with E-state index in [0.29, 0.717) is 23.4 Å². The van der Waals surface area contributed by atoms with Crippen LogP contribution in [0.2, 0.25) is 0 Å². The van der Waals surface area contributed by atoms with Crippen LogP contribution < -0.4 is 5.32 Å². The summed E-state index contributed by atoms with van der Waals surface area (Å²) in [6.07, 6.45) is -2.28. The van der Waals surface area contributed by atoms with Crippen LogP contribution in [-0.4, -0.2) is 26.5 Å². The van der Waals surface area contributed by atoms with Crippen molar-refractivity contribution in [3.8, 4) is 28.6 Å². The summed E-state index contributed by atoms with van der Waals surface area (Å²) in [7, 11) is 0. The highest BCUT2D eigenvalue weighted by atomic mass is 79.9. The molecule has 0 bridgehead atoms. The molecule has 0 aliphatic rings. The Balaban J connectivity index is 2.03. The van der Waals surface area contributed by atoms with E-state index in [2.05, 4.69) is 47.3 Å². The van der Waals surface area contributed by atoms with Crippen molar-refractivity contribution in [3.63, 3.8) is 0 Å². The number of H-pyrrole nitrogens is 1. The van der Waals surface area contributed by atoms with Gasteiger partial charge in [-0.1, -0.05) is 34.1 Å². The van der Waals surface area contributed by atoms with Crippen molar-refractivity contribution in [1.29, 1.82) is 5.26 Å². The highest BCUT2D eigenvalue weighted by Crippen LogP contribution is 2.38. The molecule has 2 N–H and O–H groups in total. The molecule has 0 amide bonds. The number of hydrogen-bond acceptors (Lipinski definition) is 5. The topological polar surface area (TPSA) is 90.3 Å². The van der Waals surface area contributed by atoms with Gasteiger partial charge in [-0.2, -0.15) is 18.4 Å². The number of fused-ring (bicyclic) bond motifs is 1. The lowest BCUT2D eigenvalue weighted by Crippen LogP contribution is -2.07. The van der Waals surface area contributed by atoms with Crippen molar-refractivity contribution in [2.45, 2.75) is 13.1 Å². The zero-order valence-corrected chi connectivity index (χ0v) is 17.6. The normalized spacial score (nSPS) is 11.5. The molecule has 3 aromatic heterocycles. The fraction of sp³-hybridized carbons (Fsp3) is 0.143. The van der Waals surface area contributed by atoms with Gasteiger partial charge in [0.2, 0.25) is 5.95 Å². The Hall–Kier alpha value is -3.45. The standard InChI is InChI=1S/C21H14BrF3N6/c1-2-27-20-30-17(12-5-3-4-6-16(12)22)14(8-26)18(31-20)15-10-29-19-13(15)7-11(9-28-19)21(23,24)25/h3-7,9-10H,2H2,1H3,(H,28,29)(H,27,30,31). The second-order valence-electron chi connectivity index (χ2n) is 6.56. The van der Waals surface area contributed by atoms with E-state index in [9.17, 15) is 18.4 Å². The lowest BCUT2D eigenvalue weighted by molar-refractivity contribution is -0.137. The van der Waals surface area contributed by atoms with Crippen LogP contribution in [0, 0.1) is 11.3 Å². The molecule has 0 saturated heterocycles. The first-order chi connectivity index (χ1) is 14.8. The molecule has 156 valence electrons. The maximum absolute atomic E-state index is 13.3. The first-order valence-electron chi connectivity index (χ1n) is 9.19. The zero-order valence-electron chi connectivity index (χ0n) is 16.0. The Labute approximate surface area is 183 Å². The van der Waals surface area contributed by atoms with Crippen LogP contribution in [0.4, 0.5) is 19.1 Å². The summed E-state index contributed by atoms with van der Waals surface area (Å²) >= 11 is 3.47. The number of alkyl halides is 3. The van der Waals surface area contributed by atoms with Gasteiger partial charge in [0, 0.05) is 39.9 Å². The number of benzene rings is 1. The Morgan fingerprint density at radius 1 is 1.16 bits per heavy atom. The first-order valence-corrected chi connectivity index (χ1v) is 9.98. The fourth-order valence-electron chi connectivity index (χ4n) is 3.20. The number of nitrogens with one attached hydrogen (secondary N) is 2. The molecule has 0 saturated carbocycles. The van der Waals surface area contributed by atoms with Gasteiger partial charge in [0.05, 0.1) is 17.0 Å². The third-order valence-electron chi connectivity index (χ3n) is 4.60. The molecular formula is C21H14BrF3N6. The lowest BCUT2D eigenvalue weighted by atomic mass is 10.0. The number of halogens is 4. The molecule has 0 radical (unpaired) electrons. The number of pyridine rings is 1. The average molecular weight is 487 g/mol. The van der Waals surface area contributed by atoms with Gasteiger partial charge < -0.3 is 10.3 Å². The van der Waals surface area contributed by atoms with Crippen LogP contribution in [-0.2, 0) is 6.18 Å². The summed E-state index contributed by atoms with van der Waals surface area (Å²) in [5.74, 6) is 0.261. The quantitative estimate of drug-likeness (QED) is 0.382. The van der Waals surface area contributed by atoms with Crippen LogP contribution in [0.15, 0.2) is 47.2 Å². The number of rotatable bonds is 4. The van der Waals surface area contributed by atoms with E-state index in [1.165, 1.54) is 6.20 Å². The van der Waals surface area contributed by atoms with E-state index in [-0.39, 0.29) is 28.2 Å². The molecule has 4 aromatic rings. The molecule has 10 heteroatoms.